The Morgan fingerprint density at radius 1 is 1.24 bits per heavy atom. The molecule has 1 aromatic heterocycles. The number of likely N-dealkylation sites (tertiary alicyclic amines) is 1. The SMILES string of the molecule is CC1=C2[C@@H](CC/C(=C/c3ccc(O)cc3Cl)c3ccccn3)OC[C@@H]2[C@@H]2C(=O)N(C)C(=O)[C@@H]2C1. The molecule has 0 saturated carbocycles. The number of phenols is 1. The topological polar surface area (TPSA) is 79.7 Å². The van der Waals surface area contributed by atoms with E-state index in [0.717, 1.165) is 23.3 Å². The molecule has 34 heavy (non-hydrogen) atoms. The summed E-state index contributed by atoms with van der Waals surface area (Å²) < 4.78 is 6.23. The normalized spacial score (nSPS) is 26.8. The van der Waals surface area contributed by atoms with Gasteiger partial charge in [-0.05, 0) is 79.3 Å². The molecule has 1 aromatic carbocycles. The van der Waals surface area contributed by atoms with Gasteiger partial charge in [-0.3, -0.25) is 19.5 Å². The molecule has 0 unspecified atom stereocenters. The number of hydrogen-bond acceptors (Lipinski definition) is 5. The van der Waals surface area contributed by atoms with Gasteiger partial charge in [0.25, 0.3) is 0 Å². The highest BCUT2D eigenvalue weighted by Crippen LogP contribution is 2.49. The third-order valence-electron chi connectivity index (χ3n) is 7.36. The quantitative estimate of drug-likeness (QED) is 0.496. The van der Waals surface area contributed by atoms with Gasteiger partial charge in [0.1, 0.15) is 5.75 Å². The van der Waals surface area contributed by atoms with E-state index in [0.29, 0.717) is 24.5 Å². The number of hydrogen-bond donors (Lipinski definition) is 1. The number of pyridine rings is 1. The van der Waals surface area contributed by atoms with E-state index in [9.17, 15) is 14.7 Å². The van der Waals surface area contributed by atoms with E-state index in [2.05, 4.69) is 11.9 Å². The van der Waals surface area contributed by atoms with Crippen LogP contribution in [0.3, 0.4) is 0 Å². The lowest BCUT2D eigenvalue weighted by atomic mass is 9.70. The zero-order chi connectivity index (χ0) is 24.0. The van der Waals surface area contributed by atoms with Crippen molar-refractivity contribution < 1.29 is 19.4 Å². The number of rotatable bonds is 5. The van der Waals surface area contributed by atoms with Crippen LogP contribution in [0, 0.1) is 17.8 Å². The molecule has 0 spiro atoms. The van der Waals surface area contributed by atoms with Crippen molar-refractivity contribution >= 4 is 35.1 Å². The molecule has 2 fully saturated rings. The van der Waals surface area contributed by atoms with Crippen LogP contribution >= 0.6 is 11.6 Å². The smallest absolute Gasteiger partial charge is 0.233 e. The minimum Gasteiger partial charge on any atom is -0.508 e. The molecule has 0 radical (unpaired) electrons. The van der Waals surface area contributed by atoms with Gasteiger partial charge in [-0.1, -0.05) is 23.2 Å². The molecule has 6 nitrogen and oxygen atoms in total. The number of amides is 2. The third kappa shape index (κ3) is 3.95. The maximum Gasteiger partial charge on any atom is 0.233 e. The number of halogens is 1. The van der Waals surface area contributed by atoms with Gasteiger partial charge in [0, 0.05) is 19.2 Å². The number of carbonyl (C=O) groups excluding carboxylic acids is 2. The number of aromatic hydroxyl groups is 1. The van der Waals surface area contributed by atoms with Gasteiger partial charge in [-0.2, -0.15) is 0 Å². The van der Waals surface area contributed by atoms with Crippen molar-refractivity contribution in [3.05, 3.63) is 70.0 Å². The number of ether oxygens (including phenoxy) is 1. The first-order valence-electron chi connectivity index (χ1n) is 11.6. The average molecular weight is 479 g/mol. The number of phenolic OH excluding ortho intramolecular Hbond substituents is 1. The highest BCUT2D eigenvalue weighted by atomic mass is 35.5. The lowest BCUT2D eigenvalue weighted by molar-refractivity contribution is -0.138. The van der Waals surface area contributed by atoms with Gasteiger partial charge in [0.05, 0.1) is 35.3 Å². The lowest BCUT2D eigenvalue weighted by Gasteiger charge is -2.30. The first-order valence-corrected chi connectivity index (χ1v) is 12.0. The van der Waals surface area contributed by atoms with Crippen LogP contribution in [0.2, 0.25) is 5.02 Å². The van der Waals surface area contributed by atoms with Crippen molar-refractivity contribution in [1.82, 2.24) is 9.88 Å². The molecular formula is C27H27ClN2O4. The summed E-state index contributed by atoms with van der Waals surface area (Å²) >= 11 is 6.37. The van der Waals surface area contributed by atoms with Crippen LogP contribution in [0.5, 0.6) is 5.75 Å². The lowest BCUT2D eigenvalue weighted by Crippen LogP contribution is -2.33. The van der Waals surface area contributed by atoms with E-state index in [1.165, 1.54) is 22.1 Å². The number of imide groups is 1. The Kier molecular flexibility index (Phi) is 6.04. The Bertz CT molecular complexity index is 1210. The van der Waals surface area contributed by atoms with E-state index in [-0.39, 0.29) is 41.4 Å². The van der Waals surface area contributed by atoms with Gasteiger partial charge in [-0.25, -0.2) is 0 Å². The molecule has 1 aliphatic carbocycles. The van der Waals surface area contributed by atoms with E-state index in [1.807, 2.05) is 24.3 Å². The van der Waals surface area contributed by atoms with Crippen LogP contribution in [0.4, 0.5) is 0 Å². The minimum atomic E-state index is -0.303. The van der Waals surface area contributed by atoms with E-state index in [4.69, 9.17) is 16.3 Å². The Balaban J connectivity index is 1.41. The molecule has 1 N–H and O–H groups in total. The van der Waals surface area contributed by atoms with Crippen molar-refractivity contribution in [2.75, 3.05) is 13.7 Å². The highest BCUT2D eigenvalue weighted by Gasteiger charge is 2.55. The summed E-state index contributed by atoms with van der Waals surface area (Å²) in [6.07, 6.45) is 5.72. The average Bonchev–Trinajstić information content (AvgIpc) is 3.34. The van der Waals surface area contributed by atoms with E-state index < -0.39 is 0 Å². The third-order valence-corrected chi connectivity index (χ3v) is 7.68. The van der Waals surface area contributed by atoms with Crippen LogP contribution in [0.25, 0.3) is 11.6 Å². The van der Waals surface area contributed by atoms with Crippen LogP contribution in [0.1, 0.15) is 37.4 Å². The second-order valence-corrected chi connectivity index (χ2v) is 9.77. The van der Waals surface area contributed by atoms with E-state index in [1.54, 1.807) is 25.4 Å². The fourth-order valence-electron chi connectivity index (χ4n) is 5.72. The molecular weight excluding hydrogens is 452 g/mol. The van der Waals surface area contributed by atoms with Gasteiger partial charge >= 0.3 is 0 Å². The molecule has 3 heterocycles. The second kappa shape index (κ2) is 9.01. The second-order valence-electron chi connectivity index (χ2n) is 9.37. The van der Waals surface area contributed by atoms with Crippen molar-refractivity contribution in [3.8, 4) is 5.75 Å². The summed E-state index contributed by atoms with van der Waals surface area (Å²) in [6, 6.07) is 10.7. The van der Waals surface area contributed by atoms with Crippen LogP contribution in [-0.2, 0) is 14.3 Å². The zero-order valence-electron chi connectivity index (χ0n) is 19.2. The highest BCUT2D eigenvalue weighted by molar-refractivity contribution is 6.32. The molecule has 2 aromatic rings. The van der Waals surface area contributed by atoms with Crippen molar-refractivity contribution in [2.45, 2.75) is 32.3 Å². The summed E-state index contributed by atoms with van der Waals surface area (Å²) in [4.78, 5) is 31.2. The Morgan fingerprint density at radius 2 is 2.06 bits per heavy atom. The van der Waals surface area contributed by atoms with Gasteiger partial charge in [0.15, 0.2) is 0 Å². The molecule has 176 valence electrons. The molecule has 2 aliphatic heterocycles. The van der Waals surface area contributed by atoms with Crippen molar-refractivity contribution in [1.29, 1.82) is 0 Å². The summed E-state index contributed by atoms with van der Waals surface area (Å²) in [5.41, 5.74) is 5.04. The number of fused-ring (bicyclic) bond motifs is 3. The number of allylic oxidation sites excluding steroid dienone is 2. The number of aromatic nitrogens is 1. The monoisotopic (exact) mass is 478 g/mol. The van der Waals surface area contributed by atoms with Crippen LogP contribution in [-0.4, -0.2) is 46.6 Å². The molecule has 2 saturated heterocycles. The largest absolute Gasteiger partial charge is 0.508 e. The Morgan fingerprint density at radius 3 is 2.79 bits per heavy atom. The Hall–Kier alpha value is -2.96. The number of nitrogens with zero attached hydrogens (tertiary/aromatic N) is 2. The van der Waals surface area contributed by atoms with Crippen LogP contribution in [0.15, 0.2) is 53.7 Å². The van der Waals surface area contributed by atoms with Gasteiger partial charge < -0.3 is 9.84 Å². The summed E-state index contributed by atoms with van der Waals surface area (Å²) in [6.45, 7) is 2.54. The Labute approximate surface area is 203 Å². The summed E-state index contributed by atoms with van der Waals surface area (Å²) in [5.74, 6) is -0.611. The maximum atomic E-state index is 12.8. The predicted molar refractivity (Wildman–Crippen MR) is 130 cm³/mol. The number of benzene rings is 1. The van der Waals surface area contributed by atoms with Gasteiger partial charge in [-0.15, -0.1) is 0 Å². The van der Waals surface area contributed by atoms with Crippen LogP contribution < -0.4 is 0 Å². The number of carbonyl (C=O) groups is 2. The zero-order valence-corrected chi connectivity index (χ0v) is 20.0. The van der Waals surface area contributed by atoms with Crippen molar-refractivity contribution in [3.63, 3.8) is 0 Å². The molecule has 7 heteroatoms. The first-order chi connectivity index (χ1) is 16.3. The van der Waals surface area contributed by atoms with E-state index >= 15 is 0 Å². The minimum absolute atomic E-state index is 0.0287. The van der Waals surface area contributed by atoms with Gasteiger partial charge in [0.2, 0.25) is 11.8 Å². The summed E-state index contributed by atoms with van der Waals surface area (Å²) in [5, 5.41) is 10.2. The standard InChI is InChI=1S/C27H27ClN2O4/c1-15-11-19-25(27(33)30(2)26(19)32)20-14-34-23(24(15)20)9-7-17(22-5-3-4-10-29-22)12-16-6-8-18(31)13-21(16)28/h3-6,8,10,12-13,19-20,23,25,31H,7,9,11,14H2,1-2H3/b17-12-/t19-,20+,23-,25-/m1/s1. The summed E-state index contributed by atoms with van der Waals surface area (Å²) in [7, 11) is 1.59. The fraction of sp³-hybridized carbons (Fsp3) is 0.370. The molecule has 5 rings (SSSR count). The fourth-order valence-corrected chi connectivity index (χ4v) is 5.95. The molecule has 0 bridgehead atoms. The maximum absolute atomic E-state index is 12.8. The first kappa shape index (κ1) is 22.8. The molecule has 4 atom stereocenters. The predicted octanol–water partition coefficient (Wildman–Crippen LogP) is 4.73. The molecule has 3 aliphatic rings. The van der Waals surface area contributed by atoms with Crippen molar-refractivity contribution in [2.24, 2.45) is 17.8 Å². The molecule has 2 amide bonds.